The van der Waals surface area contributed by atoms with Gasteiger partial charge in [0, 0.05) is 13.1 Å². The molecule has 1 amide bonds. The molecule has 6 nitrogen and oxygen atoms in total. The summed E-state index contributed by atoms with van der Waals surface area (Å²) in [6.45, 7) is 0.0117. The van der Waals surface area contributed by atoms with E-state index in [1.54, 1.807) is 0 Å². The van der Waals surface area contributed by atoms with Crippen molar-refractivity contribution in [3.05, 3.63) is 29.6 Å². The van der Waals surface area contributed by atoms with Crippen molar-refractivity contribution in [3.8, 4) is 5.75 Å². The fourth-order valence-corrected chi connectivity index (χ4v) is 2.22. The van der Waals surface area contributed by atoms with E-state index in [4.69, 9.17) is 15.6 Å². The lowest BCUT2D eigenvalue weighted by Crippen LogP contribution is -2.50. The lowest BCUT2D eigenvalue weighted by atomic mass is 10.0. The van der Waals surface area contributed by atoms with Gasteiger partial charge in [0.2, 0.25) is 0 Å². The Morgan fingerprint density at radius 1 is 1.50 bits per heavy atom. The first-order chi connectivity index (χ1) is 9.39. The van der Waals surface area contributed by atoms with Crippen LogP contribution in [0.3, 0.4) is 0 Å². The van der Waals surface area contributed by atoms with Gasteiger partial charge in [0.05, 0.1) is 7.11 Å². The van der Waals surface area contributed by atoms with Gasteiger partial charge >= 0.3 is 5.97 Å². The Labute approximate surface area is 114 Å². The molecule has 0 aliphatic carbocycles. The Morgan fingerprint density at radius 3 is 2.75 bits per heavy atom. The number of carbonyl (C=O) groups is 2. The third-order valence-electron chi connectivity index (χ3n) is 3.42. The second kappa shape index (κ2) is 5.09. The van der Waals surface area contributed by atoms with Crippen LogP contribution in [0.5, 0.6) is 5.75 Å². The monoisotopic (exact) mass is 282 g/mol. The van der Waals surface area contributed by atoms with Crippen molar-refractivity contribution in [2.45, 2.75) is 12.0 Å². The zero-order chi connectivity index (χ0) is 14.9. The average molecular weight is 282 g/mol. The molecule has 0 saturated carbocycles. The van der Waals surface area contributed by atoms with Crippen molar-refractivity contribution >= 4 is 11.9 Å². The fraction of sp³-hybridized carbons (Fsp3) is 0.385. The first-order valence-corrected chi connectivity index (χ1v) is 6.03. The van der Waals surface area contributed by atoms with Gasteiger partial charge in [0.1, 0.15) is 22.7 Å². The highest BCUT2D eigenvalue weighted by Gasteiger charge is 2.43. The van der Waals surface area contributed by atoms with E-state index in [1.807, 2.05) is 0 Å². The number of hydrogen-bond donors (Lipinski definition) is 2. The van der Waals surface area contributed by atoms with Crippen molar-refractivity contribution in [3.63, 3.8) is 0 Å². The molecule has 3 N–H and O–H groups in total. The number of methoxy groups -OCH3 is 1. The number of benzene rings is 1. The number of carboxylic acids is 1. The fourth-order valence-electron chi connectivity index (χ4n) is 2.22. The summed E-state index contributed by atoms with van der Waals surface area (Å²) in [4.78, 5) is 24.6. The molecule has 0 spiro atoms. The minimum absolute atomic E-state index is 0.111. The summed E-state index contributed by atoms with van der Waals surface area (Å²) in [7, 11) is 1.33. The van der Waals surface area contributed by atoms with Crippen LogP contribution in [0.1, 0.15) is 16.8 Å². The number of rotatable bonds is 3. The summed E-state index contributed by atoms with van der Waals surface area (Å²) >= 11 is 0. The molecule has 1 unspecified atom stereocenters. The van der Waals surface area contributed by atoms with Gasteiger partial charge in [-0.2, -0.15) is 0 Å². The van der Waals surface area contributed by atoms with Crippen LogP contribution >= 0.6 is 0 Å². The minimum Gasteiger partial charge on any atom is -0.496 e. The lowest BCUT2D eigenvalue weighted by molar-refractivity contribution is -0.142. The normalized spacial score (nSPS) is 21.9. The van der Waals surface area contributed by atoms with Gasteiger partial charge in [-0.1, -0.05) is 6.07 Å². The average Bonchev–Trinajstić information content (AvgIpc) is 2.82. The smallest absolute Gasteiger partial charge is 0.325 e. The first-order valence-electron chi connectivity index (χ1n) is 6.03. The summed E-state index contributed by atoms with van der Waals surface area (Å²) in [6.07, 6.45) is 0.130. The topological polar surface area (TPSA) is 92.9 Å². The quantitative estimate of drug-likeness (QED) is 0.840. The maximum absolute atomic E-state index is 13.8. The van der Waals surface area contributed by atoms with E-state index in [0.717, 1.165) is 6.07 Å². The van der Waals surface area contributed by atoms with E-state index in [2.05, 4.69) is 0 Å². The molecule has 1 heterocycles. The highest BCUT2D eigenvalue weighted by molar-refractivity contribution is 5.98. The summed E-state index contributed by atoms with van der Waals surface area (Å²) in [5.74, 6) is -2.39. The van der Waals surface area contributed by atoms with Crippen LogP contribution in [0, 0.1) is 5.82 Å². The number of amides is 1. The maximum Gasteiger partial charge on any atom is 0.325 e. The molecule has 1 fully saturated rings. The lowest BCUT2D eigenvalue weighted by Gasteiger charge is -2.21. The predicted molar refractivity (Wildman–Crippen MR) is 68.0 cm³/mol. The number of carboxylic acid groups (broad SMARTS) is 1. The van der Waals surface area contributed by atoms with Gasteiger partial charge in [0.15, 0.2) is 0 Å². The summed E-state index contributed by atoms with van der Waals surface area (Å²) in [5, 5.41) is 9.04. The van der Waals surface area contributed by atoms with Crippen LogP contribution < -0.4 is 10.5 Å². The molecular formula is C13H15FN2O4. The maximum atomic E-state index is 13.8. The minimum atomic E-state index is -1.48. The second-order valence-electron chi connectivity index (χ2n) is 4.76. The largest absolute Gasteiger partial charge is 0.496 e. The zero-order valence-electron chi connectivity index (χ0n) is 10.9. The molecule has 1 aliphatic rings. The van der Waals surface area contributed by atoms with Crippen LogP contribution in [-0.4, -0.2) is 47.6 Å². The van der Waals surface area contributed by atoms with Crippen molar-refractivity contribution in [1.82, 2.24) is 4.90 Å². The van der Waals surface area contributed by atoms with Gasteiger partial charge in [-0.25, -0.2) is 4.39 Å². The highest BCUT2D eigenvalue weighted by Crippen LogP contribution is 2.27. The zero-order valence-corrected chi connectivity index (χ0v) is 10.9. The second-order valence-corrected chi connectivity index (χ2v) is 4.76. The Bertz CT molecular complexity index is 563. The van der Waals surface area contributed by atoms with E-state index in [0.29, 0.717) is 0 Å². The number of hydrogen-bond acceptors (Lipinski definition) is 4. The van der Waals surface area contributed by atoms with Crippen molar-refractivity contribution in [2.24, 2.45) is 5.73 Å². The van der Waals surface area contributed by atoms with Crippen LogP contribution in [-0.2, 0) is 4.79 Å². The molecule has 1 saturated heterocycles. The summed E-state index contributed by atoms with van der Waals surface area (Å²) < 4.78 is 18.8. The van der Waals surface area contributed by atoms with E-state index in [1.165, 1.54) is 24.1 Å². The molecule has 0 bridgehead atoms. The first kappa shape index (κ1) is 14.3. The molecule has 1 aromatic rings. The Morgan fingerprint density at radius 2 is 2.20 bits per heavy atom. The van der Waals surface area contributed by atoms with Gasteiger partial charge in [0.25, 0.3) is 5.91 Å². The number of nitrogens with two attached hydrogens (primary N) is 1. The van der Waals surface area contributed by atoms with Gasteiger partial charge in [-0.15, -0.1) is 0 Å². The van der Waals surface area contributed by atoms with E-state index in [-0.39, 0.29) is 30.8 Å². The van der Waals surface area contributed by atoms with E-state index in [9.17, 15) is 14.0 Å². The molecule has 20 heavy (non-hydrogen) atoms. The standard InChI is InChI=1S/C13H15FN2O4/c1-20-9-4-2-3-8(14)10(9)11(17)16-6-5-13(15,7-16)12(18)19/h2-4H,5-7,15H2,1H3,(H,18,19). The Hall–Kier alpha value is -2.15. The molecule has 1 aromatic carbocycles. The van der Waals surface area contributed by atoms with Crippen LogP contribution in [0.25, 0.3) is 0 Å². The Balaban J connectivity index is 2.28. The number of halogens is 1. The SMILES string of the molecule is COc1cccc(F)c1C(=O)N1CCC(N)(C(=O)O)C1. The Kier molecular flexibility index (Phi) is 3.63. The van der Waals surface area contributed by atoms with Crippen LogP contribution in [0.2, 0.25) is 0 Å². The third-order valence-corrected chi connectivity index (χ3v) is 3.42. The number of aliphatic carboxylic acids is 1. The van der Waals surface area contributed by atoms with Crippen molar-refractivity contribution in [2.75, 3.05) is 20.2 Å². The van der Waals surface area contributed by atoms with Crippen LogP contribution in [0.15, 0.2) is 18.2 Å². The summed E-state index contributed by atoms with van der Waals surface area (Å²) in [6, 6.07) is 4.05. The molecule has 1 atom stereocenters. The predicted octanol–water partition coefficient (Wildman–Crippen LogP) is 0.462. The molecule has 2 rings (SSSR count). The molecule has 7 heteroatoms. The molecule has 0 radical (unpaired) electrons. The molecular weight excluding hydrogens is 267 g/mol. The molecule has 1 aliphatic heterocycles. The third kappa shape index (κ3) is 2.32. The van der Waals surface area contributed by atoms with Gasteiger partial charge in [-0.3, -0.25) is 9.59 Å². The van der Waals surface area contributed by atoms with E-state index >= 15 is 0 Å². The number of likely N-dealkylation sites (tertiary alicyclic amines) is 1. The highest BCUT2D eigenvalue weighted by atomic mass is 19.1. The van der Waals surface area contributed by atoms with E-state index < -0.39 is 23.2 Å². The van der Waals surface area contributed by atoms with Gasteiger partial charge < -0.3 is 20.5 Å². The number of carbonyl (C=O) groups excluding carboxylic acids is 1. The number of ether oxygens (including phenoxy) is 1. The van der Waals surface area contributed by atoms with Crippen molar-refractivity contribution < 1.29 is 23.8 Å². The molecule has 108 valence electrons. The summed E-state index contributed by atoms with van der Waals surface area (Å²) in [5.41, 5.74) is 4.02. The van der Waals surface area contributed by atoms with Gasteiger partial charge in [-0.05, 0) is 18.6 Å². The number of nitrogens with zero attached hydrogens (tertiary/aromatic N) is 1. The van der Waals surface area contributed by atoms with Crippen LogP contribution in [0.4, 0.5) is 4.39 Å². The molecule has 0 aromatic heterocycles. The van der Waals surface area contributed by atoms with Crippen molar-refractivity contribution in [1.29, 1.82) is 0 Å².